The number of carbonyl (C=O) groups is 1. The average Bonchev–Trinajstić information content (AvgIpc) is 3.42. The molecule has 1 aromatic carbocycles. The second kappa shape index (κ2) is 6.46. The molecular formula is C19H23N5O2. The lowest BCUT2D eigenvalue weighted by molar-refractivity contribution is -0.0784. The molecule has 7 heteroatoms. The van der Waals surface area contributed by atoms with Crippen LogP contribution in [0.25, 0.3) is 11.4 Å². The van der Waals surface area contributed by atoms with Crippen molar-refractivity contribution in [1.29, 1.82) is 0 Å². The van der Waals surface area contributed by atoms with Gasteiger partial charge in [0.1, 0.15) is 0 Å². The predicted molar refractivity (Wildman–Crippen MR) is 94.2 cm³/mol. The van der Waals surface area contributed by atoms with Crippen LogP contribution in [0.15, 0.2) is 24.3 Å². The highest BCUT2D eigenvalue weighted by molar-refractivity contribution is 6.00. The smallest absolute Gasteiger partial charge is 0.252 e. The molecule has 3 aliphatic rings. The van der Waals surface area contributed by atoms with E-state index < -0.39 is 0 Å². The third-order valence-corrected chi connectivity index (χ3v) is 6.44. The number of H-pyrrole nitrogens is 1. The molecule has 1 amide bonds. The third-order valence-electron chi connectivity index (χ3n) is 6.44. The van der Waals surface area contributed by atoms with E-state index in [1.165, 1.54) is 25.7 Å². The summed E-state index contributed by atoms with van der Waals surface area (Å²) in [6, 6.07) is 7.66. The topological polar surface area (TPSA) is 92.8 Å². The first kappa shape index (κ1) is 15.9. The minimum absolute atomic E-state index is 0.0521. The summed E-state index contributed by atoms with van der Waals surface area (Å²) in [5.74, 6) is 2.00. The van der Waals surface area contributed by atoms with Crippen LogP contribution in [0.3, 0.4) is 0 Å². The molecule has 0 spiro atoms. The van der Waals surface area contributed by atoms with Crippen molar-refractivity contribution in [3.05, 3.63) is 29.8 Å². The Bertz CT molecular complexity index is 782. The predicted octanol–water partition coefficient (Wildman–Crippen LogP) is 2.19. The maximum absolute atomic E-state index is 13.1. The SMILES string of the molecule is O=C(NC1C2CCOC2C1C1CCCC1)c1ccccc1-c1nn[nH]n1. The van der Waals surface area contributed by atoms with Crippen LogP contribution in [0, 0.1) is 17.8 Å². The Morgan fingerprint density at radius 1 is 1.19 bits per heavy atom. The Morgan fingerprint density at radius 2 is 2.04 bits per heavy atom. The van der Waals surface area contributed by atoms with Crippen molar-refractivity contribution in [3.63, 3.8) is 0 Å². The van der Waals surface area contributed by atoms with Gasteiger partial charge in [-0.1, -0.05) is 43.9 Å². The highest BCUT2D eigenvalue weighted by Gasteiger charge is 2.57. The molecule has 26 heavy (non-hydrogen) atoms. The number of hydrogen-bond acceptors (Lipinski definition) is 5. The fourth-order valence-electron chi connectivity index (χ4n) is 5.24. The highest BCUT2D eigenvalue weighted by atomic mass is 16.5. The van der Waals surface area contributed by atoms with Gasteiger partial charge >= 0.3 is 0 Å². The first-order chi connectivity index (χ1) is 12.8. The largest absolute Gasteiger partial charge is 0.377 e. The van der Waals surface area contributed by atoms with Gasteiger partial charge in [-0.05, 0) is 23.6 Å². The van der Waals surface area contributed by atoms with Crippen LogP contribution in [0.4, 0.5) is 0 Å². The van der Waals surface area contributed by atoms with E-state index in [0.29, 0.717) is 40.8 Å². The summed E-state index contributed by atoms with van der Waals surface area (Å²) in [5.41, 5.74) is 1.30. The Morgan fingerprint density at radius 3 is 2.85 bits per heavy atom. The minimum Gasteiger partial charge on any atom is -0.377 e. The molecule has 2 saturated carbocycles. The Balaban J connectivity index is 1.38. The number of hydrogen-bond donors (Lipinski definition) is 2. The van der Waals surface area contributed by atoms with Crippen molar-refractivity contribution in [1.82, 2.24) is 25.9 Å². The summed E-state index contributed by atoms with van der Waals surface area (Å²) in [6.07, 6.45) is 6.54. The Kier molecular flexibility index (Phi) is 3.96. The van der Waals surface area contributed by atoms with Crippen molar-refractivity contribution >= 4 is 5.91 Å². The first-order valence-electron chi connectivity index (χ1n) is 9.58. The quantitative estimate of drug-likeness (QED) is 0.879. The zero-order valence-corrected chi connectivity index (χ0v) is 14.6. The standard InChI is InChI=1S/C19H23N5O2/c25-19(13-8-4-3-7-12(13)18-21-23-24-22-18)20-16-14-9-10-26-17(14)15(16)11-5-1-2-6-11/h3-4,7-8,11,14-17H,1-2,5-6,9-10H2,(H,20,25)(H,21,22,23,24). The zero-order chi connectivity index (χ0) is 17.5. The normalized spacial score (nSPS) is 30.8. The van der Waals surface area contributed by atoms with Crippen molar-refractivity contribution in [2.24, 2.45) is 17.8 Å². The number of fused-ring (bicyclic) bond motifs is 1. The molecule has 4 atom stereocenters. The third kappa shape index (κ3) is 2.53. The number of amides is 1. The Labute approximate surface area is 151 Å². The lowest BCUT2D eigenvalue weighted by Gasteiger charge is -2.50. The van der Waals surface area contributed by atoms with Gasteiger partial charge in [0.05, 0.1) is 11.7 Å². The van der Waals surface area contributed by atoms with Gasteiger partial charge in [-0.15, -0.1) is 10.2 Å². The van der Waals surface area contributed by atoms with Gasteiger partial charge in [0.25, 0.3) is 5.91 Å². The van der Waals surface area contributed by atoms with Crippen molar-refractivity contribution in [3.8, 4) is 11.4 Å². The van der Waals surface area contributed by atoms with Crippen LogP contribution in [-0.2, 0) is 4.74 Å². The molecule has 136 valence electrons. The van der Waals surface area contributed by atoms with Gasteiger partial charge in [-0.3, -0.25) is 4.79 Å². The molecule has 2 aliphatic carbocycles. The molecule has 2 aromatic rings. The number of rotatable bonds is 4. The second-order valence-corrected chi connectivity index (χ2v) is 7.69. The van der Waals surface area contributed by atoms with Gasteiger partial charge in [-0.25, -0.2) is 0 Å². The highest BCUT2D eigenvalue weighted by Crippen LogP contribution is 2.51. The first-order valence-corrected chi connectivity index (χ1v) is 9.58. The minimum atomic E-state index is -0.0521. The molecule has 1 aliphatic heterocycles. The maximum atomic E-state index is 13.1. The molecule has 3 fully saturated rings. The molecular weight excluding hydrogens is 330 g/mol. The molecule has 4 unspecified atom stereocenters. The Hall–Kier alpha value is -2.28. The van der Waals surface area contributed by atoms with E-state index in [4.69, 9.17) is 4.74 Å². The summed E-state index contributed by atoms with van der Waals surface area (Å²) in [6.45, 7) is 0.824. The van der Waals surface area contributed by atoms with Crippen LogP contribution in [0.2, 0.25) is 0 Å². The van der Waals surface area contributed by atoms with E-state index in [-0.39, 0.29) is 11.9 Å². The van der Waals surface area contributed by atoms with E-state index >= 15 is 0 Å². The number of tetrazole rings is 1. The van der Waals surface area contributed by atoms with Gasteiger partial charge < -0.3 is 10.1 Å². The van der Waals surface area contributed by atoms with E-state index in [1.807, 2.05) is 24.3 Å². The number of nitrogens with zero attached hydrogens (tertiary/aromatic N) is 3. The molecule has 7 nitrogen and oxygen atoms in total. The van der Waals surface area contributed by atoms with Crippen LogP contribution >= 0.6 is 0 Å². The molecule has 0 bridgehead atoms. The van der Waals surface area contributed by atoms with Gasteiger partial charge in [0, 0.05) is 30.0 Å². The fraction of sp³-hybridized carbons (Fsp3) is 0.579. The molecule has 5 rings (SSSR count). The van der Waals surface area contributed by atoms with Gasteiger partial charge in [0.15, 0.2) is 0 Å². The second-order valence-electron chi connectivity index (χ2n) is 7.69. The summed E-state index contributed by atoms with van der Waals surface area (Å²) in [4.78, 5) is 13.1. The average molecular weight is 353 g/mol. The van der Waals surface area contributed by atoms with E-state index in [2.05, 4.69) is 25.9 Å². The number of benzene rings is 1. The number of carbonyl (C=O) groups excluding carboxylic acids is 1. The van der Waals surface area contributed by atoms with E-state index in [9.17, 15) is 4.79 Å². The number of nitrogens with one attached hydrogen (secondary N) is 2. The molecule has 1 aromatic heterocycles. The summed E-state index contributed by atoms with van der Waals surface area (Å²) >= 11 is 0. The van der Waals surface area contributed by atoms with Crippen molar-refractivity contribution in [2.45, 2.75) is 44.2 Å². The number of aromatic amines is 1. The molecule has 1 saturated heterocycles. The zero-order valence-electron chi connectivity index (χ0n) is 14.6. The molecule has 2 N–H and O–H groups in total. The molecule has 2 heterocycles. The van der Waals surface area contributed by atoms with E-state index in [1.54, 1.807) is 0 Å². The lowest BCUT2D eigenvalue weighted by atomic mass is 9.61. The molecule has 0 radical (unpaired) electrons. The summed E-state index contributed by atoms with van der Waals surface area (Å²) < 4.78 is 5.99. The van der Waals surface area contributed by atoms with Crippen LogP contribution < -0.4 is 5.32 Å². The monoisotopic (exact) mass is 353 g/mol. The summed E-state index contributed by atoms with van der Waals surface area (Å²) in [5, 5.41) is 17.4. The van der Waals surface area contributed by atoms with Crippen molar-refractivity contribution < 1.29 is 9.53 Å². The van der Waals surface area contributed by atoms with Crippen molar-refractivity contribution in [2.75, 3.05) is 6.61 Å². The van der Waals surface area contributed by atoms with Crippen LogP contribution in [0.5, 0.6) is 0 Å². The van der Waals surface area contributed by atoms with Gasteiger partial charge in [-0.2, -0.15) is 5.21 Å². The van der Waals surface area contributed by atoms with E-state index in [0.717, 1.165) is 13.0 Å². The van der Waals surface area contributed by atoms with Crippen LogP contribution in [0.1, 0.15) is 42.5 Å². The van der Waals surface area contributed by atoms with Crippen LogP contribution in [-0.4, -0.2) is 45.3 Å². The number of ether oxygens (including phenoxy) is 1. The summed E-state index contributed by atoms with van der Waals surface area (Å²) in [7, 11) is 0. The lowest BCUT2D eigenvalue weighted by Crippen LogP contribution is -2.63. The number of aromatic nitrogens is 4. The van der Waals surface area contributed by atoms with Gasteiger partial charge in [0.2, 0.25) is 5.82 Å². The maximum Gasteiger partial charge on any atom is 0.252 e. The fourth-order valence-corrected chi connectivity index (χ4v) is 5.24.